The minimum Gasteiger partial charge on any atom is -0.335 e. The largest absolute Gasteiger partial charge is 0.335 e. The van der Waals surface area contributed by atoms with Crippen LogP contribution in [-0.2, 0) is 6.42 Å². The number of nitrogens with one attached hydrogen (secondary N) is 1. The quantitative estimate of drug-likeness (QED) is 0.572. The average molecular weight is 379 g/mol. The van der Waals surface area contributed by atoms with Crippen LogP contribution in [0.15, 0.2) is 34.9 Å². The molecule has 7 nitrogen and oxygen atoms in total. The summed E-state index contributed by atoms with van der Waals surface area (Å²) in [5, 5.41) is 16.8. The first-order valence-corrected chi connectivity index (χ1v) is 9.34. The van der Waals surface area contributed by atoms with E-state index in [0.717, 1.165) is 22.6 Å². The summed E-state index contributed by atoms with van der Waals surface area (Å²) in [6.45, 7) is 5.80. The predicted molar refractivity (Wildman–Crippen MR) is 104 cm³/mol. The summed E-state index contributed by atoms with van der Waals surface area (Å²) in [6, 6.07) is 9.69. The molecule has 4 aromatic rings. The molecule has 0 spiro atoms. The van der Waals surface area contributed by atoms with E-state index in [1.165, 1.54) is 11.3 Å². The average Bonchev–Trinajstić information content (AvgIpc) is 3.28. The molecule has 3 aromatic heterocycles. The van der Waals surface area contributed by atoms with Gasteiger partial charge in [-0.2, -0.15) is 0 Å². The Morgan fingerprint density at radius 2 is 1.96 bits per heavy atom. The molecule has 8 heteroatoms. The number of pyridine rings is 1. The van der Waals surface area contributed by atoms with Gasteiger partial charge in [-0.1, -0.05) is 53.2 Å². The van der Waals surface area contributed by atoms with Gasteiger partial charge < -0.3 is 4.52 Å². The first-order chi connectivity index (χ1) is 13.0. The summed E-state index contributed by atoms with van der Waals surface area (Å²) in [5.41, 5.74) is 4.09. The van der Waals surface area contributed by atoms with E-state index >= 15 is 0 Å². The number of carbonyl (C=O) groups is 1. The van der Waals surface area contributed by atoms with E-state index in [9.17, 15) is 4.79 Å². The number of carbonyl (C=O) groups excluding carboxylic acids is 1. The third kappa shape index (κ3) is 3.31. The Labute approximate surface area is 159 Å². The molecular weight excluding hydrogens is 362 g/mol. The van der Waals surface area contributed by atoms with E-state index in [2.05, 4.69) is 25.7 Å². The maximum Gasteiger partial charge on any atom is 0.259 e. The van der Waals surface area contributed by atoms with Gasteiger partial charge in [0.25, 0.3) is 11.6 Å². The first-order valence-electron chi connectivity index (χ1n) is 8.53. The van der Waals surface area contributed by atoms with Crippen LogP contribution < -0.4 is 5.32 Å². The zero-order valence-corrected chi connectivity index (χ0v) is 15.9. The molecule has 0 aliphatic heterocycles. The van der Waals surface area contributed by atoms with E-state index in [-0.39, 0.29) is 5.91 Å². The second-order valence-electron chi connectivity index (χ2n) is 6.18. The van der Waals surface area contributed by atoms with Crippen molar-refractivity contribution in [1.29, 1.82) is 0 Å². The Kier molecular flexibility index (Phi) is 4.41. The third-order valence-electron chi connectivity index (χ3n) is 4.20. The lowest BCUT2D eigenvalue weighted by Crippen LogP contribution is -2.13. The lowest BCUT2D eigenvalue weighted by molar-refractivity contribution is 0.102. The van der Waals surface area contributed by atoms with Gasteiger partial charge in [0.15, 0.2) is 0 Å². The normalized spacial score (nSPS) is 11.1. The zero-order valence-electron chi connectivity index (χ0n) is 15.1. The number of rotatable bonds is 4. The topological polar surface area (TPSA) is 93.8 Å². The molecule has 1 amide bonds. The van der Waals surface area contributed by atoms with Crippen LogP contribution in [0.2, 0.25) is 0 Å². The Bertz CT molecular complexity index is 1130. The molecule has 0 saturated heterocycles. The fourth-order valence-electron chi connectivity index (χ4n) is 2.76. The zero-order chi connectivity index (χ0) is 19.0. The van der Waals surface area contributed by atoms with E-state index < -0.39 is 0 Å². The van der Waals surface area contributed by atoms with E-state index in [0.29, 0.717) is 33.2 Å². The summed E-state index contributed by atoms with van der Waals surface area (Å²) in [6.07, 6.45) is 0.773. The molecule has 0 fully saturated rings. The number of nitrogens with zero attached hydrogens (tertiary/aromatic N) is 4. The molecule has 0 aliphatic rings. The molecule has 0 bridgehead atoms. The van der Waals surface area contributed by atoms with Crippen LogP contribution >= 0.6 is 11.3 Å². The van der Waals surface area contributed by atoms with Gasteiger partial charge in [0, 0.05) is 5.56 Å². The van der Waals surface area contributed by atoms with Crippen LogP contribution in [0.5, 0.6) is 0 Å². The number of aryl methyl sites for hydroxylation is 3. The van der Waals surface area contributed by atoms with Gasteiger partial charge in [-0.25, -0.2) is 4.98 Å². The monoisotopic (exact) mass is 379 g/mol. The third-order valence-corrected chi connectivity index (χ3v) is 5.18. The maximum absolute atomic E-state index is 12.9. The number of amides is 1. The molecule has 136 valence electrons. The summed E-state index contributed by atoms with van der Waals surface area (Å²) >= 11 is 1.36. The van der Waals surface area contributed by atoms with Crippen LogP contribution in [-0.4, -0.2) is 26.2 Å². The molecule has 0 saturated carbocycles. The van der Waals surface area contributed by atoms with Crippen molar-refractivity contribution in [2.24, 2.45) is 0 Å². The van der Waals surface area contributed by atoms with Crippen molar-refractivity contribution in [3.8, 4) is 11.3 Å². The van der Waals surface area contributed by atoms with E-state index in [1.807, 2.05) is 38.1 Å². The highest BCUT2D eigenvalue weighted by atomic mass is 32.1. The van der Waals surface area contributed by atoms with Crippen molar-refractivity contribution < 1.29 is 9.32 Å². The molecule has 0 atom stereocenters. The molecule has 3 heterocycles. The van der Waals surface area contributed by atoms with Gasteiger partial charge in [-0.3, -0.25) is 10.1 Å². The Hall–Kier alpha value is -3.13. The summed E-state index contributed by atoms with van der Waals surface area (Å²) in [5.74, 6) is -0.291. The summed E-state index contributed by atoms with van der Waals surface area (Å²) in [7, 11) is 0. The number of aromatic nitrogens is 4. The van der Waals surface area contributed by atoms with Crippen molar-refractivity contribution in [1.82, 2.24) is 20.3 Å². The number of hydrogen-bond acceptors (Lipinski definition) is 7. The van der Waals surface area contributed by atoms with Crippen LogP contribution in [0.4, 0.5) is 5.13 Å². The molecule has 1 aromatic carbocycles. The number of benzene rings is 1. The number of hydrogen-bond donors (Lipinski definition) is 1. The fraction of sp³-hybridized carbons (Fsp3) is 0.211. The number of fused-ring (bicyclic) bond motifs is 1. The maximum atomic E-state index is 12.9. The van der Waals surface area contributed by atoms with Gasteiger partial charge in [-0.05, 0) is 26.3 Å². The van der Waals surface area contributed by atoms with E-state index in [4.69, 9.17) is 4.52 Å². The van der Waals surface area contributed by atoms with Gasteiger partial charge in [0.1, 0.15) is 5.01 Å². The molecule has 0 radical (unpaired) electrons. The molecular formula is C19H17N5O2S. The predicted octanol–water partition coefficient (Wildman–Crippen LogP) is 4.17. The molecule has 0 aliphatic carbocycles. The summed E-state index contributed by atoms with van der Waals surface area (Å²) in [4.78, 5) is 17.5. The lowest BCUT2D eigenvalue weighted by atomic mass is 10.0. The Morgan fingerprint density at radius 1 is 1.19 bits per heavy atom. The lowest BCUT2D eigenvalue weighted by Gasteiger charge is -2.07. The standard InChI is InChI=1S/C19H17N5O2S/c1-4-15-22-23-19(27-15)21-17(25)13-9-14(12-7-5-10(2)6-8-12)20-18-16(13)11(3)24-26-18/h5-9H,4H2,1-3H3,(H,21,23,25). The molecule has 1 N–H and O–H groups in total. The van der Waals surface area contributed by atoms with Crippen LogP contribution in [0.25, 0.3) is 22.4 Å². The minimum atomic E-state index is -0.291. The SMILES string of the molecule is CCc1nnc(NC(=O)c2cc(-c3ccc(C)cc3)nc3onc(C)c23)s1. The Balaban J connectivity index is 1.78. The highest BCUT2D eigenvalue weighted by Crippen LogP contribution is 2.28. The van der Waals surface area contributed by atoms with Gasteiger partial charge in [-0.15, -0.1) is 10.2 Å². The summed E-state index contributed by atoms with van der Waals surface area (Å²) < 4.78 is 5.33. The van der Waals surface area contributed by atoms with Gasteiger partial charge in [0.2, 0.25) is 5.13 Å². The van der Waals surface area contributed by atoms with Crippen molar-refractivity contribution in [3.05, 3.63) is 52.2 Å². The van der Waals surface area contributed by atoms with Crippen molar-refractivity contribution in [3.63, 3.8) is 0 Å². The smallest absolute Gasteiger partial charge is 0.259 e. The molecule has 0 unspecified atom stereocenters. The molecule has 4 rings (SSSR count). The molecule has 27 heavy (non-hydrogen) atoms. The van der Waals surface area contributed by atoms with Gasteiger partial charge >= 0.3 is 0 Å². The second-order valence-corrected chi connectivity index (χ2v) is 7.24. The second kappa shape index (κ2) is 6.88. The number of anilines is 1. The van der Waals surface area contributed by atoms with Crippen molar-refractivity contribution in [2.45, 2.75) is 27.2 Å². The highest BCUT2D eigenvalue weighted by molar-refractivity contribution is 7.15. The minimum absolute atomic E-state index is 0.291. The fourth-order valence-corrected chi connectivity index (χ4v) is 3.43. The Morgan fingerprint density at radius 3 is 2.67 bits per heavy atom. The van der Waals surface area contributed by atoms with Crippen molar-refractivity contribution in [2.75, 3.05) is 5.32 Å². The van der Waals surface area contributed by atoms with Crippen LogP contribution in [0, 0.1) is 13.8 Å². The highest BCUT2D eigenvalue weighted by Gasteiger charge is 2.20. The van der Waals surface area contributed by atoms with E-state index in [1.54, 1.807) is 13.0 Å². The van der Waals surface area contributed by atoms with Gasteiger partial charge in [0.05, 0.1) is 22.3 Å². The van der Waals surface area contributed by atoms with Crippen LogP contribution in [0.1, 0.15) is 33.5 Å². The van der Waals surface area contributed by atoms with Crippen LogP contribution in [0.3, 0.4) is 0 Å². The first kappa shape index (κ1) is 17.3. The van der Waals surface area contributed by atoms with Crippen molar-refractivity contribution >= 4 is 33.5 Å².